The van der Waals surface area contributed by atoms with Crippen molar-refractivity contribution in [2.45, 2.75) is 0 Å². The molecule has 1 nitrogen and oxygen atoms in total. The molecular formula is C13H13NS. The van der Waals surface area contributed by atoms with Crippen LogP contribution in [0.3, 0.4) is 0 Å². The van der Waals surface area contributed by atoms with E-state index in [2.05, 4.69) is 47.7 Å². The van der Waals surface area contributed by atoms with Crippen molar-refractivity contribution in [3.05, 3.63) is 41.3 Å². The van der Waals surface area contributed by atoms with Gasteiger partial charge in [0.2, 0.25) is 0 Å². The van der Waals surface area contributed by atoms with Crippen LogP contribution in [0.25, 0.3) is 15.7 Å². The maximum absolute atomic E-state index is 2.34. The standard InChI is InChI=1S/C13H13NS/c1-14-7-6-10(8-14)12-9-15-13-5-3-2-4-11(12)13/h2-6,9H,7-8H2,1H3. The molecule has 0 saturated heterocycles. The van der Waals surface area contributed by atoms with Crippen LogP contribution in [0.15, 0.2) is 35.7 Å². The maximum atomic E-state index is 2.34. The lowest BCUT2D eigenvalue weighted by Gasteiger charge is -2.06. The summed E-state index contributed by atoms with van der Waals surface area (Å²) in [6.07, 6.45) is 2.34. The molecule has 0 spiro atoms. The Hall–Kier alpha value is -1.12. The molecule has 0 amide bonds. The molecule has 1 aliphatic heterocycles. The number of thiophene rings is 1. The first-order valence-electron chi connectivity index (χ1n) is 5.19. The van der Waals surface area contributed by atoms with Crippen LogP contribution in [0, 0.1) is 0 Å². The fourth-order valence-electron chi connectivity index (χ4n) is 2.11. The Labute approximate surface area is 93.6 Å². The first-order valence-corrected chi connectivity index (χ1v) is 6.07. The summed E-state index contributed by atoms with van der Waals surface area (Å²) in [5, 5.41) is 3.69. The molecule has 0 N–H and O–H groups in total. The Morgan fingerprint density at radius 1 is 1.27 bits per heavy atom. The van der Waals surface area contributed by atoms with E-state index in [1.165, 1.54) is 21.2 Å². The van der Waals surface area contributed by atoms with Gasteiger partial charge in [0.25, 0.3) is 0 Å². The number of rotatable bonds is 1. The van der Waals surface area contributed by atoms with E-state index < -0.39 is 0 Å². The van der Waals surface area contributed by atoms with Crippen molar-refractivity contribution < 1.29 is 0 Å². The smallest absolute Gasteiger partial charge is 0.0349 e. The Kier molecular flexibility index (Phi) is 2.11. The van der Waals surface area contributed by atoms with Crippen LogP contribution in [0.5, 0.6) is 0 Å². The van der Waals surface area contributed by atoms with Crippen molar-refractivity contribution >= 4 is 27.0 Å². The second-order valence-corrected chi connectivity index (χ2v) is 4.98. The third-order valence-corrected chi connectivity index (χ3v) is 3.88. The van der Waals surface area contributed by atoms with Crippen LogP contribution in [0.2, 0.25) is 0 Å². The molecule has 0 radical (unpaired) electrons. The minimum atomic E-state index is 1.08. The summed E-state index contributed by atoms with van der Waals surface area (Å²) in [4.78, 5) is 2.34. The largest absolute Gasteiger partial charge is 0.298 e. The number of hydrogen-bond donors (Lipinski definition) is 0. The topological polar surface area (TPSA) is 3.24 Å². The van der Waals surface area contributed by atoms with Gasteiger partial charge in [0.1, 0.15) is 0 Å². The molecule has 15 heavy (non-hydrogen) atoms. The molecule has 2 heteroatoms. The number of hydrogen-bond acceptors (Lipinski definition) is 2. The molecule has 0 bridgehead atoms. The van der Waals surface area contributed by atoms with E-state index in [9.17, 15) is 0 Å². The zero-order valence-corrected chi connectivity index (χ0v) is 9.55. The van der Waals surface area contributed by atoms with E-state index in [1.54, 1.807) is 0 Å². The highest BCUT2D eigenvalue weighted by Crippen LogP contribution is 2.32. The minimum Gasteiger partial charge on any atom is -0.298 e. The molecule has 0 atom stereocenters. The first-order chi connectivity index (χ1) is 7.34. The zero-order valence-electron chi connectivity index (χ0n) is 8.73. The predicted molar refractivity (Wildman–Crippen MR) is 67.3 cm³/mol. The summed E-state index contributed by atoms with van der Waals surface area (Å²) in [6.45, 7) is 2.17. The first kappa shape index (κ1) is 9.13. The molecule has 76 valence electrons. The van der Waals surface area contributed by atoms with Gasteiger partial charge in [-0.3, -0.25) is 4.90 Å². The van der Waals surface area contributed by atoms with Crippen LogP contribution >= 0.6 is 11.3 Å². The van der Waals surface area contributed by atoms with Gasteiger partial charge in [0.15, 0.2) is 0 Å². The molecule has 0 saturated carbocycles. The van der Waals surface area contributed by atoms with Gasteiger partial charge in [-0.15, -0.1) is 11.3 Å². The molecule has 3 rings (SSSR count). The van der Waals surface area contributed by atoms with Gasteiger partial charge < -0.3 is 0 Å². The van der Waals surface area contributed by atoms with E-state index in [0.29, 0.717) is 0 Å². The van der Waals surface area contributed by atoms with Gasteiger partial charge in [0.05, 0.1) is 0 Å². The van der Waals surface area contributed by atoms with Crippen molar-refractivity contribution in [2.24, 2.45) is 0 Å². The van der Waals surface area contributed by atoms with E-state index in [0.717, 1.165) is 13.1 Å². The van der Waals surface area contributed by atoms with Gasteiger partial charge in [0, 0.05) is 17.8 Å². The lowest BCUT2D eigenvalue weighted by Crippen LogP contribution is -2.13. The monoisotopic (exact) mass is 215 g/mol. The van der Waals surface area contributed by atoms with Gasteiger partial charge in [-0.2, -0.15) is 0 Å². The molecule has 2 aromatic rings. The zero-order chi connectivity index (χ0) is 10.3. The van der Waals surface area contributed by atoms with Crippen molar-refractivity contribution in [1.82, 2.24) is 4.90 Å². The Morgan fingerprint density at radius 3 is 2.93 bits per heavy atom. The minimum absolute atomic E-state index is 1.08. The van der Waals surface area contributed by atoms with E-state index >= 15 is 0 Å². The van der Waals surface area contributed by atoms with Gasteiger partial charge in [-0.05, 0) is 35.0 Å². The molecule has 1 aliphatic rings. The summed E-state index contributed by atoms with van der Waals surface area (Å²) < 4.78 is 1.39. The second kappa shape index (κ2) is 3.47. The van der Waals surface area contributed by atoms with Gasteiger partial charge in [-0.1, -0.05) is 24.3 Å². The molecule has 0 fully saturated rings. The summed E-state index contributed by atoms with van der Waals surface area (Å²) in [6, 6.07) is 8.65. The number of fused-ring (bicyclic) bond motifs is 1. The summed E-state index contributed by atoms with van der Waals surface area (Å²) >= 11 is 1.84. The number of likely N-dealkylation sites (N-methyl/N-ethyl adjacent to an activating group) is 1. The quantitative estimate of drug-likeness (QED) is 0.706. The van der Waals surface area contributed by atoms with Gasteiger partial charge in [-0.25, -0.2) is 0 Å². The normalized spacial score (nSPS) is 17.3. The van der Waals surface area contributed by atoms with E-state index in [-0.39, 0.29) is 0 Å². The number of nitrogens with zero attached hydrogens (tertiary/aromatic N) is 1. The average molecular weight is 215 g/mol. The number of benzene rings is 1. The Balaban J connectivity index is 2.12. The highest BCUT2D eigenvalue weighted by molar-refractivity contribution is 7.17. The highest BCUT2D eigenvalue weighted by Gasteiger charge is 2.14. The van der Waals surface area contributed by atoms with Crippen molar-refractivity contribution in [3.63, 3.8) is 0 Å². The van der Waals surface area contributed by atoms with E-state index in [1.807, 2.05) is 11.3 Å². The summed E-state index contributed by atoms with van der Waals surface area (Å²) in [7, 11) is 2.16. The SMILES string of the molecule is CN1CC=C(c2csc3ccccc23)C1. The molecule has 1 aromatic carbocycles. The Bertz CT molecular complexity index is 524. The third-order valence-electron chi connectivity index (χ3n) is 2.92. The molecule has 2 heterocycles. The van der Waals surface area contributed by atoms with Crippen molar-refractivity contribution in [3.8, 4) is 0 Å². The third kappa shape index (κ3) is 1.50. The average Bonchev–Trinajstić information content (AvgIpc) is 2.83. The van der Waals surface area contributed by atoms with Crippen LogP contribution in [0.4, 0.5) is 0 Å². The molecular weight excluding hydrogens is 202 g/mol. The maximum Gasteiger partial charge on any atom is 0.0349 e. The molecule has 1 aromatic heterocycles. The fourth-order valence-corrected chi connectivity index (χ4v) is 3.09. The second-order valence-electron chi connectivity index (χ2n) is 4.07. The summed E-state index contributed by atoms with van der Waals surface area (Å²) in [5.41, 5.74) is 2.91. The van der Waals surface area contributed by atoms with Crippen molar-refractivity contribution in [1.29, 1.82) is 0 Å². The van der Waals surface area contributed by atoms with E-state index in [4.69, 9.17) is 0 Å². The lowest BCUT2D eigenvalue weighted by molar-refractivity contribution is 0.439. The van der Waals surface area contributed by atoms with Crippen LogP contribution < -0.4 is 0 Å². The molecule has 0 aliphatic carbocycles. The lowest BCUT2D eigenvalue weighted by atomic mass is 10.1. The van der Waals surface area contributed by atoms with Crippen LogP contribution in [-0.4, -0.2) is 25.0 Å². The van der Waals surface area contributed by atoms with Gasteiger partial charge >= 0.3 is 0 Å². The van der Waals surface area contributed by atoms with Crippen LogP contribution in [-0.2, 0) is 0 Å². The fraction of sp³-hybridized carbons (Fsp3) is 0.231. The molecule has 0 unspecified atom stereocenters. The Morgan fingerprint density at radius 2 is 2.13 bits per heavy atom. The predicted octanol–water partition coefficient (Wildman–Crippen LogP) is 3.23. The van der Waals surface area contributed by atoms with Crippen LogP contribution in [0.1, 0.15) is 5.56 Å². The highest BCUT2D eigenvalue weighted by atomic mass is 32.1. The summed E-state index contributed by atoms with van der Waals surface area (Å²) in [5.74, 6) is 0. The van der Waals surface area contributed by atoms with Crippen molar-refractivity contribution in [2.75, 3.05) is 20.1 Å².